The number of fused-ring (bicyclic) bond motifs is 1. The third-order valence-electron chi connectivity index (χ3n) is 3.68. The van der Waals surface area contributed by atoms with E-state index in [4.69, 9.17) is 20.8 Å². The lowest BCUT2D eigenvalue weighted by atomic mass is 10.0. The lowest BCUT2D eigenvalue weighted by molar-refractivity contribution is 0.00703. The molecule has 0 fully saturated rings. The summed E-state index contributed by atoms with van der Waals surface area (Å²) in [5, 5.41) is 2.74. The summed E-state index contributed by atoms with van der Waals surface area (Å²) in [5.74, 6) is 0.184. The Morgan fingerprint density at radius 3 is 2.56 bits per heavy atom. The molecule has 0 atom stereocenters. The molecule has 3 aromatic rings. The number of halogens is 2. The van der Waals surface area contributed by atoms with Gasteiger partial charge in [-0.1, -0.05) is 46.3 Å². The number of hydrogen-bond donors (Lipinski definition) is 0. The summed E-state index contributed by atoms with van der Waals surface area (Å²) < 4.78 is 11.3. The molecule has 0 saturated carbocycles. The number of ether oxygens (including phenoxy) is 1. The molecule has 0 amide bonds. The lowest BCUT2D eigenvalue weighted by Gasteiger charge is -2.20. The van der Waals surface area contributed by atoms with Crippen LogP contribution in [0, 0.1) is 0 Å². The van der Waals surface area contributed by atoms with Gasteiger partial charge in [-0.05, 0) is 50.1 Å². The molecular weight excluding hydrogens is 404 g/mol. The van der Waals surface area contributed by atoms with Gasteiger partial charge in [-0.15, -0.1) is 0 Å². The molecule has 0 radical (unpaired) electrons. The first kappa shape index (κ1) is 18.0. The van der Waals surface area contributed by atoms with Gasteiger partial charge in [0.15, 0.2) is 0 Å². The van der Waals surface area contributed by atoms with Crippen LogP contribution in [0.1, 0.15) is 36.7 Å². The van der Waals surface area contributed by atoms with E-state index in [1.165, 1.54) is 0 Å². The summed E-state index contributed by atoms with van der Waals surface area (Å²) in [6, 6.07) is 13.2. The van der Waals surface area contributed by atoms with Crippen LogP contribution >= 0.6 is 27.5 Å². The molecule has 0 bridgehead atoms. The normalized spacial score (nSPS) is 11.7. The van der Waals surface area contributed by atoms with Gasteiger partial charge < -0.3 is 9.15 Å². The maximum Gasteiger partial charge on any atom is 0.339 e. The van der Waals surface area contributed by atoms with Crippen molar-refractivity contribution in [3.63, 3.8) is 0 Å². The SMILES string of the molecule is CC(C)(C)OC(=O)c1ccccc1-c1oc(Cl)c2cc(CBr)ccc12. The Hall–Kier alpha value is -1.78. The van der Waals surface area contributed by atoms with Crippen LogP contribution in [0.2, 0.25) is 5.22 Å². The highest BCUT2D eigenvalue weighted by Crippen LogP contribution is 2.39. The lowest BCUT2D eigenvalue weighted by Crippen LogP contribution is -2.24. The van der Waals surface area contributed by atoms with Crippen LogP contribution in [0.25, 0.3) is 22.1 Å². The predicted molar refractivity (Wildman–Crippen MR) is 104 cm³/mol. The largest absolute Gasteiger partial charge is 0.456 e. The van der Waals surface area contributed by atoms with Crippen molar-refractivity contribution in [3.8, 4) is 11.3 Å². The molecule has 0 spiro atoms. The second kappa shape index (κ2) is 6.85. The van der Waals surface area contributed by atoms with Crippen LogP contribution in [0.15, 0.2) is 46.9 Å². The number of carbonyl (C=O) groups excluding carboxylic acids is 1. The van der Waals surface area contributed by atoms with Gasteiger partial charge in [-0.2, -0.15) is 0 Å². The molecule has 3 nitrogen and oxygen atoms in total. The smallest absolute Gasteiger partial charge is 0.339 e. The van der Waals surface area contributed by atoms with Crippen molar-refractivity contribution in [2.75, 3.05) is 0 Å². The quantitative estimate of drug-likeness (QED) is 0.353. The fourth-order valence-corrected chi connectivity index (χ4v) is 3.21. The monoisotopic (exact) mass is 420 g/mol. The number of esters is 1. The van der Waals surface area contributed by atoms with Crippen molar-refractivity contribution in [1.29, 1.82) is 0 Å². The van der Waals surface area contributed by atoms with Crippen LogP contribution in [0.4, 0.5) is 0 Å². The zero-order valence-electron chi connectivity index (χ0n) is 14.2. The summed E-state index contributed by atoms with van der Waals surface area (Å²) >= 11 is 9.74. The highest BCUT2D eigenvalue weighted by atomic mass is 79.9. The van der Waals surface area contributed by atoms with E-state index in [2.05, 4.69) is 15.9 Å². The van der Waals surface area contributed by atoms with Crippen molar-refractivity contribution >= 4 is 44.3 Å². The van der Waals surface area contributed by atoms with E-state index >= 15 is 0 Å². The molecule has 130 valence electrons. The standard InChI is InChI=1S/C20H18BrClO3/c1-20(2,3)25-19(23)15-7-5-4-6-13(15)17-14-9-8-12(11-21)10-16(14)18(22)24-17/h4-10H,11H2,1-3H3. The Kier molecular flexibility index (Phi) is 4.94. The van der Waals surface area contributed by atoms with Gasteiger partial charge in [0, 0.05) is 21.7 Å². The molecule has 1 heterocycles. The van der Waals surface area contributed by atoms with Gasteiger partial charge in [-0.3, -0.25) is 0 Å². The minimum atomic E-state index is -0.572. The average Bonchev–Trinajstić information content (AvgIpc) is 2.89. The number of alkyl halides is 1. The topological polar surface area (TPSA) is 39.4 Å². The molecule has 25 heavy (non-hydrogen) atoms. The fraction of sp³-hybridized carbons (Fsp3) is 0.250. The molecule has 0 saturated heterocycles. The van der Waals surface area contributed by atoms with Crippen LogP contribution in [0.5, 0.6) is 0 Å². The van der Waals surface area contributed by atoms with Gasteiger partial charge >= 0.3 is 5.97 Å². The number of hydrogen-bond acceptors (Lipinski definition) is 3. The Labute approximate surface area is 160 Å². The van der Waals surface area contributed by atoms with Crippen LogP contribution in [0.3, 0.4) is 0 Å². The first-order valence-corrected chi connectivity index (χ1v) is 9.40. The Balaban J connectivity index is 2.15. The van der Waals surface area contributed by atoms with E-state index < -0.39 is 5.60 Å². The third kappa shape index (κ3) is 3.75. The van der Waals surface area contributed by atoms with Gasteiger partial charge in [0.1, 0.15) is 11.4 Å². The van der Waals surface area contributed by atoms with E-state index in [-0.39, 0.29) is 5.97 Å². The summed E-state index contributed by atoms with van der Waals surface area (Å²) in [5.41, 5.74) is 1.65. The summed E-state index contributed by atoms with van der Waals surface area (Å²) in [7, 11) is 0. The molecular formula is C20H18BrClO3. The van der Waals surface area contributed by atoms with Gasteiger partial charge in [0.25, 0.3) is 0 Å². The van der Waals surface area contributed by atoms with Crippen molar-refractivity contribution in [3.05, 3.63) is 58.8 Å². The zero-order valence-corrected chi connectivity index (χ0v) is 16.6. The third-order valence-corrected chi connectivity index (χ3v) is 4.61. The van der Waals surface area contributed by atoms with Crippen molar-refractivity contribution in [2.24, 2.45) is 0 Å². The van der Waals surface area contributed by atoms with E-state index in [0.29, 0.717) is 22.1 Å². The Bertz CT molecular complexity index is 938. The zero-order chi connectivity index (χ0) is 18.2. The molecule has 0 aliphatic heterocycles. The number of furan rings is 1. The number of carbonyl (C=O) groups is 1. The minimum absolute atomic E-state index is 0.312. The second-order valence-corrected chi connectivity index (χ2v) is 7.67. The van der Waals surface area contributed by atoms with Crippen LogP contribution < -0.4 is 0 Å². The van der Waals surface area contributed by atoms with Crippen molar-refractivity contribution in [1.82, 2.24) is 0 Å². The molecule has 1 aromatic heterocycles. The van der Waals surface area contributed by atoms with E-state index in [9.17, 15) is 4.79 Å². The van der Waals surface area contributed by atoms with Crippen molar-refractivity contribution < 1.29 is 13.9 Å². The van der Waals surface area contributed by atoms with E-state index in [0.717, 1.165) is 21.7 Å². The molecule has 0 aliphatic carbocycles. The molecule has 3 rings (SSSR count). The first-order valence-electron chi connectivity index (χ1n) is 7.90. The van der Waals surface area contributed by atoms with Crippen LogP contribution in [-0.4, -0.2) is 11.6 Å². The molecule has 2 aromatic carbocycles. The predicted octanol–water partition coefficient (Wildman–Crippen LogP) is 6.60. The van der Waals surface area contributed by atoms with Gasteiger partial charge in [0.05, 0.1) is 5.56 Å². The second-order valence-electron chi connectivity index (χ2n) is 6.77. The maximum atomic E-state index is 12.6. The highest BCUT2D eigenvalue weighted by Gasteiger charge is 2.23. The maximum absolute atomic E-state index is 12.6. The number of rotatable bonds is 3. The highest BCUT2D eigenvalue weighted by molar-refractivity contribution is 9.08. The first-order chi connectivity index (χ1) is 11.8. The fourth-order valence-electron chi connectivity index (χ4n) is 2.63. The summed E-state index contributed by atoms with van der Waals surface area (Å²) in [6.45, 7) is 5.53. The van der Waals surface area contributed by atoms with E-state index in [1.54, 1.807) is 12.1 Å². The molecule has 0 aliphatic rings. The molecule has 5 heteroatoms. The average molecular weight is 422 g/mol. The summed E-state index contributed by atoms with van der Waals surface area (Å²) in [4.78, 5) is 12.6. The molecule has 0 N–H and O–H groups in total. The molecule has 0 unspecified atom stereocenters. The van der Waals surface area contributed by atoms with Crippen LogP contribution in [-0.2, 0) is 10.1 Å². The minimum Gasteiger partial charge on any atom is -0.456 e. The van der Waals surface area contributed by atoms with Gasteiger partial charge in [0.2, 0.25) is 5.22 Å². The van der Waals surface area contributed by atoms with E-state index in [1.807, 2.05) is 51.1 Å². The Morgan fingerprint density at radius 2 is 1.88 bits per heavy atom. The van der Waals surface area contributed by atoms with Crippen molar-refractivity contribution in [2.45, 2.75) is 31.7 Å². The summed E-state index contributed by atoms with van der Waals surface area (Å²) in [6.07, 6.45) is 0. The Morgan fingerprint density at radius 1 is 1.16 bits per heavy atom. The van der Waals surface area contributed by atoms with Gasteiger partial charge in [-0.25, -0.2) is 4.79 Å². The number of benzene rings is 2.